The average Bonchev–Trinajstić information content (AvgIpc) is 4.11. The van der Waals surface area contributed by atoms with E-state index in [1.807, 2.05) is 36.4 Å². The maximum atomic E-state index is 14.3. The maximum absolute atomic E-state index is 14.3. The van der Waals surface area contributed by atoms with Gasteiger partial charge in [0.25, 0.3) is 15.9 Å². The van der Waals surface area contributed by atoms with Crippen LogP contribution in [0.3, 0.4) is 0 Å². The molecule has 3 aromatic carbocycles. The van der Waals surface area contributed by atoms with E-state index in [0.717, 1.165) is 120 Å². The highest BCUT2D eigenvalue weighted by molar-refractivity contribution is 7.90. The van der Waals surface area contributed by atoms with Crippen LogP contribution in [-0.4, -0.2) is 120 Å². The number of ether oxygens (including phenoxy) is 2. The molecule has 0 bridgehead atoms. The van der Waals surface area contributed by atoms with Crippen LogP contribution in [0.4, 0.5) is 11.4 Å². The number of nitrogens with zero attached hydrogens (tertiary/aromatic N) is 7. The number of rotatable bonds is 13. The second-order valence-corrected chi connectivity index (χ2v) is 21.5. The number of carbonyl (C=O) groups excluding carboxylic acids is 1. The number of piperazine rings is 1. The number of H-pyrrole nitrogens is 1. The van der Waals surface area contributed by atoms with Crippen LogP contribution < -0.4 is 14.4 Å². The number of anilines is 1. The number of aromatic amines is 1. The summed E-state index contributed by atoms with van der Waals surface area (Å²) in [5.74, 6) is -0.777. The van der Waals surface area contributed by atoms with E-state index < -0.39 is 31.4 Å². The summed E-state index contributed by atoms with van der Waals surface area (Å²) in [5.41, 5.74) is 6.95. The molecule has 356 valence electrons. The molecule has 0 saturated carbocycles. The second kappa shape index (κ2) is 18.9. The highest BCUT2D eigenvalue weighted by Crippen LogP contribution is 2.43. The van der Waals surface area contributed by atoms with E-state index in [1.54, 1.807) is 23.1 Å². The number of allylic oxidation sites excluding steroid dienone is 1. The minimum atomic E-state index is -4.61. The van der Waals surface area contributed by atoms with Gasteiger partial charge in [0.2, 0.25) is 0 Å². The predicted molar refractivity (Wildman–Crippen MR) is 262 cm³/mol. The number of hydrogen-bond acceptors (Lipinski definition) is 12. The predicted octanol–water partition coefficient (Wildman–Crippen LogP) is 8.25. The quantitative estimate of drug-likeness (QED) is 0.0837. The Hall–Kier alpha value is -5.85. The number of sulfonamides is 1. The van der Waals surface area contributed by atoms with Crippen molar-refractivity contribution in [3.8, 4) is 11.4 Å². The number of likely N-dealkylation sites (tertiary alicyclic amines) is 1. The van der Waals surface area contributed by atoms with Gasteiger partial charge in [-0.05, 0) is 116 Å². The van der Waals surface area contributed by atoms with Crippen molar-refractivity contribution >= 4 is 66.5 Å². The van der Waals surface area contributed by atoms with Gasteiger partial charge in [0.15, 0.2) is 5.75 Å². The van der Waals surface area contributed by atoms with E-state index >= 15 is 0 Å². The molecule has 3 fully saturated rings. The van der Waals surface area contributed by atoms with Gasteiger partial charge in [-0.3, -0.25) is 24.7 Å². The third kappa shape index (κ3) is 9.72. The zero-order valence-corrected chi connectivity index (χ0v) is 39.9. The zero-order valence-electron chi connectivity index (χ0n) is 38.3. The molecule has 1 atom stereocenters. The number of nitro groups is 1. The smallest absolute Gasteiger partial charge is 0.312 e. The second-order valence-electron chi connectivity index (χ2n) is 19.4. The van der Waals surface area contributed by atoms with Gasteiger partial charge < -0.3 is 19.4 Å². The molecule has 1 amide bonds. The van der Waals surface area contributed by atoms with Crippen LogP contribution in [-0.2, 0) is 14.8 Å². The summed E-state index contributed by atoms with van der Waals surface area (Å²) in [4.78, 5) is 40.5. The Kier molecular flexibility index (Phi) is 12.8. The SMILES string of the molecule is CC1(C)CCC(CN2CCN(c3ccc(C(=O)NS(=O)(=O)c4ccc(OC[C@H]5CCN(C6CCOCC6)C5)c([N+](=O)[O-])c4)c(-n4ncc5nc6[nH]ccc6cc54)c3)CC2)=C(c2ccc(Cl)cc2)C1. The van der Waals surface area contributed by atoms with Crippen LogP contribution in [0.15, 0.2) is 95.7 Å². The zero-order chi connectivity index (χ0) is 47.2. The standard InChI is InChI=1S/C50H56ClN9O7S/c1-50(2)16-11-36(42(28-50)34-3-5-37(51)6-4-34)31-56-19-21-57(22-20-56)39-7-9-41(44(26-39)59-45-25-35-12-17-52-48(35)54-43(45)29-53-59)49(61)55-68(64,65)40-8-10-47(46(27-40)60(62)63)67-32-33-13-18-58(30-33)38-14-23-66-24-15-38/h3-10,12,17,25-27,29,33,38H,11,13-16,18-24,28,30-32H2,1-2H3,(H,52,54)(H,55,61)/t33-/m0/s1. The lowest BCUT2D eigenvalue weighted by atomic mass is 9.72. The van der Waals surface area contributed by atoms with E-state index in [4.69, 9.17) is 26.1 Å². The number of hydrogen-bond donors (Lipinski definition) is 2. The fraction of sp³-hybridized carbons (Fsp3) is 0.420. The number of fused-ring (bicyclic) bond motifs is 2. The minimum absolute atomic E-state index is 0.0306. The molecule has 1 aliphatic carbocycles. The molecule has 10 rings (SSSR count). The van der Waals surface area contributed by atoms with E-state index in [9.17, 15) is 23.3 Å². The number of nitrogens with one attached hydrogen (secondary N) is 2. The Morgan fingerprint density at radius 1 is 1.00 bits per heavy atom. The van der Waals surface area contributed by atoms with Crippen molar-refractivity contribution < 1.29 is 27.6 Å². The van der Waals surface area contributed by atoms with Crippen molar-refractivity contribution in [3.63, 3.8) is 0 Å². The van der Waals surface area contributed by atoms with Crippen LogP contribution in [0.2, 0.25) is 5.02 Å². The van der Waals surface area contributed by atoms with Crippen molar-refractivity contribution in [2.24, 2.45) is 11.3 Å². The molecule has 6 heterocycles. The molecule has 6 aromatic rings. The van der Waals surface area contributed by atoms with Gasteiger partial charge in [0, 0.05) is 92.8 Å². The number of halogens is 1. The molecule has 18 heteroatoms. The van der Waals surface area contributed by atoms with Crippen molar-refractivity contribution in [1.29, 1.82) is 0 Å². The van der Waals surface area contributed by atoms with Crippen molar-refractivity contribution in [2.75, 3.05) is 70.5 Å². The highest BCUT2D eigenvalue weighted by Gasteiger charge is 2.33. The summed E-state index contributed by atoms with van der Waals surface area (Å²) in [5, 5.41) is 18.5. The largest absolute Gasteiger partial charge is 0.486 e. The molecular formula is C50H56ClN9O7S. The van der Waals surface area contributed by atoms with Gasteiger partial charge >= 0.3 is 5.69 Å². The molecule has 0 spiro atoms. The van der Waals surface area contributed by atoms with E-state index in [1.165, 1.54) is 28.8 Å². The Balaban J connectivity index is 0.879. The maximum Gasteiger partial charge on any atom is 0.312 e. The van der Waals surface area contributed by atoms with Crippen molar-refractivity contribution in [2.45, 2.75) is 63.3 Å². The summed E-state index contributed by atoms with van der Waals surface area (Å²) in [6.45, 7) is 12.2. The molecular weight excluding hydrogens is 906 g/mol. The van der Waals surface area contributed by atoms with Crippen LogP contribution in [0.5, 0.6) is 5.75 Å². The lowest BCUT2D eigenvalue weighted by molar-refractivity contribution is -0.386. The van der Waals surface area contributed by atoms with Gasteiger partial charge in [-0.1, -0.05) is 43.2 Å². The Labute approximate surface area is 400 Å². The van der Waals surface area contributed by atoms with Crippen LogP contribution in [0.25, 0.3) is 33.3 Å². The van der Waals surface area contributed by atoms with Crippen LogP contribution in [0.1, 0.15) is 68.3 Å². The van der Waals surface area contributed by atoms with Gasteiger partial charge in [-0.15, -0.1) is 0 Å². The first-order valence-electron chi connectivity index (χ1n) is 23.5. The van der Waals surface area contributed by atoms with Crippen molar-refractivity contribution in [3.05, 3.63) is 117 Å². The van der Waals surface area contributed by atoms with E-state index in [2.05, 4.69) is 55.5 Å². The summed E-state index contributed by atoms with van der Waals surface area (Å²) < 4.78 is 43.2. The number of benzene rings is 3. The van der Waals surface area contributed by atoms with Crippen LogP contribution in [0, 0.1) is 21.4 Å². The number of carbonyl (C=O) groups is 1. The Morgan fingerprint density at radius 3 is 2.57 bits per heavy atom. The molecule has 0 radical (unpaired) electrons. The highest BCUT2D eigenvalue weighted by atomic mass is 35.5. The molecule has 16 nitrogen and oxygen atoms in total. The topological polar surface area (TPSA) is 181 Å². The normalized spacial score (nSPS) is 19.8. The number of amides is 1. The number of nitro benzene ring substituents is 1. The average molecular weight is 963 g/mol. The molecule has 3 saturated heterocycles. The Bertz CT molecular complexity index is 3010. The molecule has 3 aromatic heterocycles. The molecule has 3 aliphatic heterocycles. The van der Waals surface area contributed by atoms with E-state index in [0.29, 0.717) is 28.4 Å². The van der Waals surface area contributed by atoms with E-state index in [-0.39, 0.29) is 29.3 Å². The lowest BCUT2D eigenvalue weighted by Crippen LogP contribution is -2.47. The molecule has 2 N–H and O–H groups in total. The molecule has 0 unspecified atom stereocenters. The third-order valence-corrected chi connectivity index (χ3v) is 15.8. The fourth-order valence-electron chi connectivity index (χ4n) is 10.4. The number of aromatic nitrogens is 4. The third-order valence-electron chi connectivity index (χ3n) is 14.2. The molecule has 4 aliphatic rings. The summed E-state index contributed by atoms with van der Waals surface area (Å²) in [6.07, 6.45) is 9.46. The summed E-state index contributed by atoms with van der Waals surface area (Å²) in [6, 6.07) is 21.2. The minimum Gasteiger partial charge on any atom is -0.486 e. The Morgan fingerprint density at radius 2 is 1.79 bits per heavy atom. The first kappa shape index (κ1) is 45.9. The van der Waals surface area contributed by atoms with Gasteiger partial charge in [-0.25, -0.2) is 22.8 Å². The van der Waals surface area contributed by atoms with Gasteiger partial charge in [-0.2, -0.15) is 5.10 Å². The lowest BCUT2D eigenvalue weighted by Gasteiger charge is -2.39. The fourth-order valence-corrected chi connectivity index (χ4v) is 11.5. The first-order valence-corrected chi connectivity index (χ1v) is 25.3. The van der Waals surface area contributed by atoms with Gasteiger partial charge in [0.1, 0.15) is 11.2 Å². The van der Waals surface area contributed by atoms with Crippen molar-refractivity contribution in [1.82, 2.24) is 34.3 Å². The first-order chi connectivity index (χ1) is 32.8. The summed E-state index contributed by atoms with van der Waals surface area (Å²) >= 11 is 6.27. The monoisotopic (exact) mass is 961 g/mol. The summed E-state index contributed by atoms with van der Waals surface area (Å²) in [7, 11) is -4.61. The van der Waals surface area contributed by atoms with Gasteiger partial charge in [0.05, 0.1) is 39.4 Å². The molecule has 68 heavy (non-hydrogen) atoms. The van der Waals surface area contributed by atoms with Crippen LogP contribution >= 0.6 is 11.6 Å². The number of pyridine rings is 1.